The Morgan fingerprint density at radius 1 is 1.25 bits per heavy atom. The summed E-state index contributed by atoms with van der Waals surface area (Å²) in [4.78, 5) is 31.8. The highest BCUT2D eigenvalue weighted by molar-refractivity contribution is 7.10. The van der Waals surface area contributed by atoms with Crippen LogP contribution in [0.1, 0.15) is 67.9 Å². The number of nitrogens with one attached hydrogen (secondary N) is 2. The lowest BCUT2D eigenvalue weighted by Gasteiger charge is -2.35. The van der Waals surface area contributed by atoms with Crippen LogP contribution in [0.4, 0.5) is 15.6 Å². The van der Waals surface area contributed by atoms with E-state index < -0.39 is 5.91 Å². The van der Waals surface area contributed by atoms with Gasteiger partial charge in [0.1, 0.15) is 5.76 Å². The normalized spacial score (nSPS) is 16.6. The number of carbonyl (C=O) groups excluding carboxylic acids is 2. The molecule has 1 atom stereocenters. The molecule has 168 valence electrons. The number of anilines is 2. The number of hydrogen-bond donors (Lipinski definition) is 2. The molecule has 0 spiro atoms. The molecule has 1 aliphatic rings. The lowest BCUT2D eigenvalue weighted by atomic mass is 9.93. The van der Waals surface area contributed by atoms with Crippen LogP contribution in [-0.2, 0) is 5.41 Å². The molecule has 0 unspecified atom stereocenters. The van der Waals surface area contributed by atoms with Crippen molar-refractivity contribution in [3.05, 3.63) is 47.6 Å². The Balaban J connectivity index is 1.46. The first-order valence-electron chi connectivity index (χ1n) is 10.4. The maximum atomic E-state index is 13.1. The summed E-state index contributed by atoms with van der Waals surface area (Å²) in [5, 5.41) is 13.5. The molecular weight excluding hydrogens is 430 g/mol. The van der Waals surface area contributed by atoms with Gasteiger partial charge in [0.15, 0.2) is 16.5 Å². The smallest absolute Gasteiger partial charge is 0.323 e. The highest BCUT2D eigenvalue weighted by Gasteiger charge is 2.30. The SMILES string of the molecule is CC(C)(C)c1cc(NC(=O)c2nnsc2NC(=O)N2CCCC[C@H]2c2cccnc2)no1. The number of rotatable bonds is 4. The summed E-state index contributed by atoms with van der Waals surface area (Å²) in [6.45, 7) is 6.57. The van der Waals surface area contributed by atoms with Gasteiger partial charge in [0, 0.05) is 42.0 Å². The second-order valence-corrected chi connectivity index (χ2v) is 9.41. The van der Waals surface area contributed by atoms with Crippen molar-refractivity contribution in [2.24, 2.45) is 0 Å². The summed E-state index contributed by atoms with van der Waals surface area (Å²) in [5.41, 5.74) is 0.776. The van der Waals surface area contributed by atoms with Crippen molar-refractivity contribution in [1.82, 2.24) is 24.6 Å². The summed E-state index contributed by atoms with van der Waals surface area (Å²) >= 11 is 0.951. The van der Waals surface area contributed by atoms with Crippen LogP contribution in [0.15, 0.2) is 35.1 Å². The highest BCUT2D eigenvalue weighted by atomic mass is 32.1. The summed E-state index contributed by atoms with van der Waals surface area (Å²) in [6, 6.07) is 5.14. The predicted molar refractivity (Wildman–Crippen MR) is 120 cm³/mol. The maximum Gasteiger partial charge on any atom is 0.323 e. The fourth-order valence-corrected chi connectivity index (χ4v) is 4.10. The van der Waals surface area contributed by atoms with E-state index in [0.29, 0.717) is 12.3 Å². The Kier molecular flexibility index (Phi) is 6.17. The minimum Gasteiger partial charge on any atom is -0.359 e. The van der Waals surface area contributed by atoms with Crippen molar-refractivity contribution < 1.29 is 14.1 Å². The van der Waals surface area contributed by atoms with Gasteiger partial charge in [-0.05, 0) is 30.9 Å². The molecular formula is C21H25N7O3S. The van der Waals surface area contributed by atoms with Crippen molar-refractivity contribution in [2.45, 2.75) is 51.5 Å². The van der Waals surface area contributed by atoms with Crippen LogP contribution in [-0.4, -0.2) is 43.1 Å². The molecule has 0 aromatic carbocycles. The molecule has 3 amide bonds. The average molecular weight is 456 g/mol. The lowest BCUT2D eigenvalue weighted by Crippen LogP contribution is -2.41. The van der Waals surface area contributed by atoms with E-state index in [-0.39, 0.29) is 34.0 Å². The number of urea groups is 1. The molecule has 0 radical (unpaired) electrons. The molecule has 0 aliphatic carbocycles. The fourth-order valence-electron chi connectivity index (χ4n) is 3.55. The Morgan fingerprint density at radius 2 is 2.09 bits per heavy atom. The third kappa shape index (κ3) is 4.77. The summed E-state index contributed by atoms with van der Waals surface area (Å²) in [5.74, 6) is 0.396. The van der Waals surface area contributed by atoms with Gasteiger partial charge in [-0.1, -0.05) is 36.5 Å². The number of piperidine rings is 1. The van der Waals surface area contributed by atoms with Gasteiger partial charge in [-0.15, -0.1) is 5.10 Å². The molecule has 11 heteroatoms. The molecule has 1 saturated heterocycles. The predicted octanol–water partition coefficient (Wildman–Crippen LogP) is 4.23. The van der Waals surface area contributed by atoms with E-state index in [0.717, 1.165) is 36.4 Å². The molecule has 1 fully saturated rings. The molecule has 1 aliphatic heterocycles. The van der Waals surface area contributed by atoms with Crippen LogP contribution in [0.25, 0.3) is 0 Å². The molecule has 0 bridgehead atoms. The molecule has 4 heterocycles. The van der Waals surface area contributed by atoms with Gasteiger partial charge in [0.25, 0.3) is 5.91 Å². The summed E-state index contributed by atoms with van der Waals surface area (Å²) in [6.07, 6.45) is 6.31. The molecule has 10 nitrogen and oxygen atoms in total. The van der Waals surface area contributed by atoms with Gasteiger partial charge >= 0.3 is 6.03 Å². The van der Waals surface area contributed by atoms with Crippen LogP contribution in [0.5, 0.6) is 0 Å². The van der Waals surface area contributed by atoms with Gasteiger partial charge in [-0.2, -0.15) is 0 Å². The second-order valence-electron chi connectivity index (χ2n) is 8.65. The zero-order chi connectivity index (χ0) is 22.7. The standard InChI is InChI=1S/C21H25N7O3S/c1-21(2,3)15-11-16(26-31-15)23-18(29)17-19(32-27-25-17)24-20(30)28-10-5-4-8-14(28)13-7-6-9-22-12-13/h6-7,9,11-12,14H,4-5,8,10H2,1-3H3,(H,24,30)(H,23,26,29)/t14-/m0/s1. The van der Waals surface area contributed by atoms with Crippen molar-refractivity contribution in [3.8, 4) is 0 Å². The van der Waals surface area contributed by atoms with Crippen molar-refractivity contribution in [2.75, 3.05) is 17.2 Å². The zero-order valence-electron chi connectivity index (χ0n) is 18.2. The van der Waals surface area contributed by atoms with Crippen molar-refractivity contribution in [3.63, 3.8) is 0 Å². The first-order valence-corrected chi connectivity index (χ1v) is 11.2. The van der Waals surface area contributed by atoms with E-state index in [1.165, 1.54) is 0 Å². The third-order valence-electron chi connectivity index (χ3n) is 5.25. The number of hydrogen-bond acceptors (Lipinski definition) is 8. The molecule has 3 aromatic heterocycles. The molecule has 3 aromatic rings. The van der Waals surface area contributed by atoms with E-state index in [1.807, 2.05) is 32.9 Å². The van der Waals surface area contributed by atoms with E-state index in [4.69, 9.17) is 4.52 Å². The Hall–Kier alpha value is -3.34. The van der Waals surface area contributed by atoms with Crippen molar-refractivity contribution >= 4 is 34.3 Å². The Labute approximate surface area is 189 Å². The van der Waals surface area contributed by atoms with Gasteiger partial charge < -0.3 is 14.7 Å². The topological polar surface area (TPSA) is 126 Å². The number of likely N-dealkylation sites (tertiary alicyclic amines) is 1. The Morgan fingerprint density at radius 3 is 2.81 bits per heavy atom. The van der Waals surface area contributed by atoms with Gasteiger partial charge in [0.05, 0.1) is 6.04 Å². The lowest BCUT2D eigenvalue weighted by molar-refractivity contribution is 0.102. The minimum atomic E-state index is -0.523. The largest absolute Gasteiger partial charge is 0.359 e. The summed E-state index contributed by atoms with van der Waals surface area (Å²) < 4.78 is 9.14. The van der Waals surface area contributed by atoms with Crippen molar-refractivity contribution in [1.29, 1.82) is 0 Å². The zero-order valence-corrected chi connectivity index (χ0v) is 19.0. The van der Waals surface area contributed by atoms with Crippen LogP contribution in [0, 0.1) is 0 Å². The molecule has 0 saturated carbocycles. The quantitative estimate of drug-likeness (QED) is 0.603. The number of carbonyl (C=O) groups is 2. The van der Waals surface area contributed by atoms with Crippen LogP contribution < -0.4 is 10.6 Å². The van der Waals surface area contributed by atoms with Gasteiger partial charge in [-0.3, -0.25) is 15.1 Å². The van der Waals surface area contributed by atoms with Gasteiger partial charge in [-0.25, -0.2) is 4.79 Å². The highest BCUT2D eigenvalue weighted by Crippen LogP contribution is 2.31. The monoisotopic (exact) mass is 455 g/mol. The first-order chi connectivity index (χ1) is 15.3. The van der Waals surface area contributed by atoms with Crippen LogP contribution in [0.2, 0.25) is 0 Å². The maximum absolute atomic E-state index is 13.1. The molecule has 32 heavy (non-hydrogen) atoms. The number of aromatic nitrogens is 4. The number of amides is 3. The minimum absolute atomic E-state index is 0.0265. The number of nitrogens with zero attached hydrogens (tertiary/aromatic N) is 5. The molecule has 4 rings (SSSR count). The van der Waals surface area contributed by atoms with Gasteiger partial charge in [0.2, 0.25) is 0 Å². The van der Waals surface area contributed by atoms with Crippen LogP contribution in [0.3, 0.4) is 0 Å². The second kappa shape index (κ2) is 9.03. The van der Waals surface area contributed by atoms with E-state index in [2.05, 4.69) is 30.4 Å². The number of pyridine rings is 1. The fraction of sp³-hybridized carbons (Fsp3) is 0.429. The third-order valence-corrected chi connectivity index (χ3v) is 5.89. The van der Waals surface area contributed by atoms with Crippen LogP contribution >= 0.6 is 11.5 Å². The average Bonchev–Trinajstić information content (AvgIpc) is 3.44. The Bertz CT molecular complexity index is 1090. The van der Waals surface area contributed by atoms with E-state index >= 15 is 0 Å². The summed E-state index contributed by atoms with van der Waals surface area (Å²) in [7, 11) is 0. The molecule has 2 N–H and O–H groups in total. The first kappa shape index (κ1) is 21.9. The van der Waals surface area contributed by atoms with E-state index in [9.17, 15) is 9.59 Å². The van der Waals surface area contributed by atoms with E-state index in [1.54, 1.807) is 23.4 Å².